The van der Waals surface area contributed by atoms with Gasteiger partial charge < -0.3 is 4.74 Å². The van der Waals surface area contributed by atoms with E-state index >= 15 is 0 Å². The molecule has 0 aromatic heterocycles. The maximum atomic E-state index is 12.6. The Hall–Kier alpha value is -1.69. The Balaban J connectivity index is 2.12. The number of benzene rings is 2. The lowest BCUT2D eigenvalue weighted by Crippen LogP contribution is -2.35. The highest BCUT2D eigenvalue weighted by Gasteiger charge is 2.22. The van der Waals surface area contributed by atoms with Crippen molar-refractivity contribution >= 4 is 10.0 Å². The standard InChI is InChI=1S/C19H25NO3S/c1-4-17(14-19(23-3)16-8-6-5-7-9-16)20-24(21,22)18-12-10-15(2)11-13-18/h5-13,17,19-20H,4,14H2,1-3H3/t17-,19+/m1/s1. The number of aryl methyl sites for hydroxylation is 1. The number of sulfonamides is 1. The molecule has 0 fully saturated rings. The van der Waals surface area contributed by atoms with E-state index in [0.717, 1.165) is 11.1 Å². The quantitative estimate of drug-likeness (QED) is 0.789. The van der Waals surface area contributed by atoms with Gasteiger partial charge in [0.25, 0.3) is 0 Å². The van der Waals surface area contributed by atoms with E-state index in [9.17, 15) is 8.42 Å². The van der Waals surface area contributed by atoms with E-state index in [4.69, 9.17) is 4.74 Å². The molecule has 4 nitrogen and oxygen atoms in total. The van der Waals surface area contributed by atoms with E-state index in [-0.39, 0.29) is 12.1 Å². The molecule has 0 spiro atoms. The van der Waals surface area contributed by atoms with E-state index in [2.05, 4.69) is 4.72 Å². The van der Waals surface area contributed by atoms with Crippen LogP contribution in [0.4, 0.5) is 0 Å². The molecule has 0 unspecified atom stereocenters. The molecule has 2 aromatic rings. The van der Waals surface area contributed by atoms with Gasteiger partial charge in [-0.25, -0.2) is 13.1 Å². The Labute approximate surface area is 144 Å². The molecule has 0 aliphatic heterocycles. The van der Waals surface area contributed by atoms with Crippen molar-refractivity contribution in [2.75, 3.05) is 7.11 Å². The molecule has 2 aromatic carbocycles. The molecule has 0 aliphatic rings. The first kappa shape index (κ1) is 18.6. The summed E-state index contributed by atoms with van der Waals surface area (Å²) in [5, 5.41) is 0. The first-order chi connectivity index (χ1) is 11.5. The van der Waals surface area contributed by atoms with Crippen LogP contribution >= 0.6 is 0 Å². The van der Waals surface area contributed by atoms with E-state index < -0.39 is 10.0 Å². The van der Waals surface area contributed by atoms with Crippen LogP contribution < -0.4 is 4.72 Å². The normalized spacial score (nSPS) is 14.3. The summed E-state index contributed by atoms with van der Waals surface area (Å²) in [4.78, 5) is 0.292. The average molecular weight is 347 g/mol. The molecule has 0 bridgehead atoms. The van der Waals surface area contributed by atoms with Gasteiger partial charge in [0, 0.05) is 13.2 Å². The number of ether oxygens (including phenoxy) is 1. The molecular formula is C19H25NO3S. The van der Waals surface area contributed by atoms with Crippen molar-refractivity contribution in [2.45, 2.75) is 43.7 Å². The maximum Gasteiger partial charge on any atom is 0.240 e. The van der Waals surface area contributed by atoms with Gasteiger partial charge >= 0.3 is 0 Å². The Bertz CT molecular complexity index is 727. The summed E-state index contributed by atoms with van der Waals surface area (Å²) in [6.45, 7) is 3.90. The first-order valence-electron chi connectivity index (χ1n) is 8.13. The topological polar surface area (TPSA) is 55.4 Å². The van der Waals surface area contributed by atoms with Crippen LogP contribution in [0.1, 0.15) is 37.0 Å². The van der Waals surface area contributed by atoms with Crippen LogP contribution in [0.15, 0.2) is 59.5 Å². The summed E-state index contributed by atoms with van der Waals surface area (Å²) in [6.07, 6.45) is 1.14. The molecular weight excluding hydrogens is 322 g/mol. The van der Waals surface area contributed by atoms with Crippen LogP contribution in [0.3, 0.4) is 0 Å². The molecule has 1 N–H and O–H groups in total. The minimum atomic E-state index is -3.53. The van der Waals surface area contributed by atoms with Gasteiger partial charge in [-0.3, -0.25) is 0 Å². The second-order valence-electron chi connectivity index (χ2n) is 5.91. The summed E-state index contributed by atoms with van der Waals surface area (Å²) in [6, 6.07) is 16.5. The number of hydrogen-bond acceptors (Lipinski definition) is 3. The third-order valence-corrected chi connectivity index (χ3v) is 5.64. The third kappa shape index (κ3) is 4.90. The first-order valence-corrected chi connectivity index (χ1v) is 9.61. The lowest BCUT2D eigenvalue weighted by molar-refractivity contribution is 0.0874. The van der Waals surface area contributed by atoms with Gasteiger partial charge in [0.15, 0.2) is 0 Å². The molecule has 0 aliphatic carbocycles. The van der Waals surface area contributed by atoms with Gasteiger partial charge in [0.1, 0.15) is 0 Å². The number of rotatable bonds is 8. The van der Waals surface area contributed by atoms with E-state index in [0.29, 0.717) is 17.7 Å². The van der Waals surface area contributed by atoms with E-state index in [1.54, 1.807) is 31.4 Å². The van der Waals surface area contributed by atoms with Gasteiger partial charge in [-0.15, -0.1) is 0 Å². The van der Waals surface area contributed by atoms with Gasteiger partial charge in [0.2, 0.25) is 10.0 Å². The minimum absolute atomic E-state index is 0.142. The second kappa shape index (κ2) is 8.42. The molecule has 0 saturated carbocycles. The fourth-order valence-corrected chi connectivity index (χ4v) is 3.93. The van der Waals surface area contributed by atoms with Crippen molar-refractivity contribution in [2.24, 2.45) is 0 Å². The Kier molecular flexibility index (Phi) is 6.54. The molecule has 2 atom stereocenters. The summed E-state index contributed by atoms with van der Waals surface area (Å²) < 4.78 is 33.5. The zero-order valence-corrected chi connectivity index (χ0v) is 15.2. The monoisotopic (exact) mass is 347 g/mol. The lowest BCUT2D eigenvalue weighted by Gasteiger charge is -2.23. The molecule has 0 amide bonds. The largest absolute Gasteiger partial charge is 0.377 e. The van der Waals surface area contributed by atoms with Crippen molar-refractivity contribution in [3.05, 3.63) is 65.7 Å². The Morgan fingerprint density at radius 3 is 2.21 bits per heavy atom. The van der Waals surface area contributed by atoms with Gasteiger partial charge in [-0.05, 0) is 37.5 Å². The fourth-order valence-electron chi connectivity index (χ4n) is 2.60. The third-order valence-electron chi connectivity index (χ3n) is 4.10. The van der Waals surface area contributed by atoms with Crippen LogP contribution in [-0.2, 0) is 14.8 Å². The highest BCUT2D eigenvalue weighted by Crippen LogP contribution is 2.23. The summed E-state index contributed by atoms with van der Waals surface area (Å²) in [5.74, 6) is 0. The molecule has 0 heterocycles. The van der Waals surface area contributed by atoms with Crippen LogP contribution in [0.25, 0.3) is 0 Å². The summed E-state index contributed by atoms with van der Waals surface area (Å²) >= 11 is 0. The van der Waals surface area contributed by atoms with Crippen molar-refractivity contribution in [3.8, 4) is 0 Å². The van der Waals surface area contributed by atoms with Crippen molar-refractivity contribution in [1.82, 2.24) is 4.72 Å². The SMILES string of the molecule is CC[C@H](C[C@H](OC)c1ccccc1)NS(=O)(=O)c1ccc(C)cc1. The summed E-state index contributed by atoms with van der Waals surface area (Å²) in [5.41, 5.74) is 2.08. The molecule has 5 heteroatoms. The van der Waals surface area contributed by atoms with Crippen LogP contribution in [-0.4, -0.2) is 21.6 Å². The second-order valence-corrected chi connectivity index (χ2v) is 7.62. The fraction of sp³-hybridized carbons (Fsp3) is 0.368. The van der Waals surface area contributed by atoms with Crippen LogP contribution in [0.2, 0.25) is 0 Å². The van der Waals surface area contributed by atoms with Gasteiger partial charge in [0.05, 0.1) is 11.0 Å². The number of nitrogens with one attached hydrogen (secondary N) is 1. The molecule has 130 valence electrons. The van der Waals surface area contributed by atoms with Gasteiger partial charge in [-0.2, -0.15) is 0 Å². The lowest BCUT2D eigenvalue weighted by atomic mass is 10.0. The highest BCUT2D eigenvalue weighted by atomic mass is 32.2. The van der Waals surface area contributed by atoms with Crippen molar-refractivity contribution in [3.63, 3.8) is 0 Å². The number of hydrogen-bond donors (Lipinski definition) is 1. The maximum absolute atomic E-state index is 12.6. The van der Waals surface area contributed by atoms with E-state index in [1.165, 1.54) is 0 Å². The highest BCUT2D eigenvalue weighted by molar-refractivity contribution is 7.89. The molecule has 0 saturated heterocycles. The minimum Gasteiger partial charge on any atom is -0.377 e. The van der Waals surface area contributed by atoms with Crippen molar-refractivity contribution < 1.29 is 13.2 Å². The Morgan fingerprint density at radius 1 is 1.04 bits per heavy atom. The smallest absolute Gasteiger partial charge is 0.240 e. The van der Waals surface area contributed by atoms with Gasteiger partial charge in [-0.1, -0.05) is 55.0 Å². The zero-order valence-electron chi connectivity index (χ0n) is 14.4. The van der Waals surface area contributed by atoms with Crippen LogP contribution in [0.5, 0.6) is 0 Å². The van der Waals surface area contributed by atoms with Crippen molar-refractivity contribution in [1.29, 1.82) is 0 Å². The molecule has 0 radical (unpaired) electrons. The predicted molar refractivity (Wildman–Crippen MR) is 96.4 cm³/mol. The molecule has 24 heavy (non-hydrogen) atoms. The average Bonchev–Trinajstić information content (AvgIpc) is 2.59. The molecule has 2 rings (SSSR count). The predicted octanol–water partition coefficient (Wildman–Crippen LogP) is 3.83. The Morgan fingerprint density at radius 2 is 1.67 bits per heavy atom. The van der Waals surface area contributed by atoms with Crippen LogP contribution in [0, 0.1) is 6.92 Å². The zero-order chi connectivity index (χ0) is 17.6. The summed E-state index contributed by atoms with van der Waals surface area (Å²) in [7, 11) is -1.88. The number of methoxy groups -OCH3 is 1. The van der Waals surface area contributed by atoms with E-state index in [1.807, 2.05) is 44.2 Å².